The van der Waals surface area contributed by atoms with Crippen molar-refractivity contribution in [1.82, 2.24) is 4.72 Å². The number of hydrogen-bond acceptors (Lipinski definition) is 5. The Bertz CT molecular complexity index is 929. The number of ether oxygens (including phenoxy) is 1. The van der Waals surface area contributed by atoms with Crippen molar-refractivity contribution in [2.75, 3.05) is 12.4 Å². The average molecular weight is 394 g/mol. The van der Waals surface area contributed by atoms with Crippen molar-refractivity contribution in [3.05, 3.63) is 59.9 Å². The molecule has 0 aliphatic heterocycles. The van der Waals surface area contributed by atoms with E-state index < -0.39 is 33.8 Å². The highest BCUT2D eigenvalue weighted by atomic mass is 32.2. The second kappa shape index (κ2) is 8.74. The molecular weight excluding hydrogens is 375 g/mol. The van der Waals surface area contributed by atoms with Crippen molar-refractivity contribution >= 4 is 27.6 Å². The Morgan fingerprint density at radius 1 is 1.11 bits per heavy atom. The van der Waals surface area contributed by atoms with Crippen LogP contribution in [0.1, 0.15) is 23.7 Å². The first-order valence-corrected chi connectivity index (χ1v) is 9.53. The highest BCUT2D eigenvalue weighted by Gasteiger charge is 2.25. The standard InChI is InChI=1S/C18H19FN2O5S/c1-3-15(21-27(24,25)13-10-8-12(19)9-11-13)17(22)20-16-7-5-4-6-14(16)18(23)26-2/h4-11,15,21H,3H2,1-2H3,(H,20,22). The zero-order chi connectivity index (χ0) is 20.0. The van der Waals surface area contributed by atoms with Gasteiger partial charge in [0, 0.05) is 0 Å². The van der Waals surface area contributed by atoms with Crippen LogP contribution in [0.25, 0.3) is 0 Å². The van der Waals surface area contributed by atoms with Crippen molar-refractivity contribution in [3.8, 4) is 0 Å². The van der Waals surface area contributed by atoms with E-state index in [4.69, 9.17) is 0 Å². The van der Waals surface area contributed by atoms with Gasteiger partial charge in [-0.05, 0) is 42.8 Å². The molecule has 0 saturated heterocycles. The predicted molar refractivity (Wildman–Crippen MR) is 97.2 cm³/mol. The normalized spacial score (nSPS) is 12.3. The molecule has 0 radical (unpaired) electrons. The highest BCUT2D eigenvalue weighted by molar-refractivity contribution is 7.89. The lowest BCUT2D eigenvalue weighted by Crippen LogP contribution is -2.43. The van der Waals surface area contributed by atoms with Gasteiger partial charge in [-0.25, -0.2) is 17.6 Å². The topological polar surface area (TPSA) is 102 Å². The van der Waals surface area contributed by atoms with Crippen LogP contribution in [0.3, 0.4) is 0 Å². The van der Waals surface area contributed by atoms with Crippen molar-refractivity contribution in [2.45, 2.75) is 24.3 Å². The molecule has 2 N–H and O–H groups in total. The van der Waals surface area contributed by atoms with Crippen LogP contribution in [-0.2, 0) is 19.6 Å². The molecule has 0 bridgehead atoms. The largest absolute Gasteiger partial charge is 0.465 e. The second-order valence-electron chi connectivity index (χ2n) is 5.56. The third-order valence-electron chi connectivity index (χ3n) is 3.74. The lowest BCUT2D eigenvalue weighted by atomic mass is 10.1. The quantitative estimate of drug-likeness (QED) is 0.702. The Labute approximate surface area is 156 Å². The van der Waals surface area contributed by atoms with Gasteiger partial charge >= 0.3 is 5.97 Å². The van der Waals surface area contributed by atoms with E-state index in [2.05, 4.69) is 14.8 Å². The van der Waals surface area contributed by atoms with Crippen molar-refractivity contribution in [3.63, 3.8) is 0 Å². The van der Waals surface area contributed by atoms with E-state index in [9.17, 15) is 22.4 Å². The van der Waals surface area contributed by atoms with Crippen molar-refractivity contribution in [1.29, 1.82) is 0 Å². The van der Waals surface area contributed by atoms with Gasteiger partial charge in [0.05, 0.1) is 23.3 Å². The number of sulfonamides is 1. The molecule has 0 aliphatic rings. The molecule has 0 heterocycles. The van der Waals surface area contributed by atoms with Gasteiger partial charge in [-0.3, -0.25) is 4.79 Å². The van der Waals surface area contributed by atoms with E-state index in [1.165, 1.54) is 19.2 Å². The minimum absolute atomic E-state index is 0.143. The summed E-state index contributed by atoms with van der Waals surface area (Å²) < 4.78 is 44.7. The molecule has 144 valence electrons. The number of nitrogens with one attached hydrogen (secondary N) is 2. The number of hydrogen-bond donors (Lipinski definition) is 2. The van der Waals surface area contributed by atoms with Crippen molar-refractivity contribution in [2.24, 2.45) is 0 Å². The first-order valence-electron chi connectivity index (χ1n) is 8.04. The van der Waals surface area contributed by atoms with Crippen LogP contribution in [-0.4, -0.2) is 33.4 Å². The Kier molecular flexibility index (Phi) is 6.65. The zero-order valence-electron chi connectivity index (χ0n) is 14.7. The molecule has 0 saturated carbocycles. The summed E-state index contributed by atoms with van der Waals surface area (Å²) in [5.41, 5.74) is 0.346. The third-order valence-corrected chi connectivity index (χ3v) is 5.22. The van der Waals surface area contributed by atoms with Gasteiger partial charge in [0.1, 0.15) is 11.9 Å². The minimum atomic E-state index is -4.03. The fourth-order valence-corrected chi connectivity index (χ4v) is 3.57. The lowest BCUT2D eigenvalue weighted by Gasteiger charge is -2.18. The van der Waals surface area contributed by atoms with E-state index in [0.717, 1.165) is 24.3 Å². The van der Waals surface area contributed by atoms with Gasteiger partial charge in [-0.1, -0.05) is 19.1 Å². The maximum Gasteiger partial charge on any atom is 0.339 e. The zero-order valence-corrected chi connectivity index (χ0v) is 15.5. The number of amides is 1. The lowest BCUT2D eigenvalue weighted by molar-refractivity contribution is -0.117. The number of anilines is 1. The van der Waals surface area contributed by atoms with Crippen LogP contribution in [0, 0.1) is 5.82 Å². The smallest absolute Gasteiger partial charge is 0.339 e. The van der Waals surface area contributed by atoms with Gasteiger partial charge in [-0.15, -0.1) is 0 Å². The molecule has 9 heteroatoms. The summed E-state index contributed by atoms with van der Waals surface area (Å²) in [4.78, 5) is 24.1. The molecule has 1 atom stereocenters. The second-order valence-corrected chi connectivity index (χ2v) is 7.28. The Morgan fingerprint density at radius 3 is 2.33 bits per heavy atom. The summed E-state index contributed by atoms with van der Waals surface area (Å²) in [6.45, 7) is 1.63. The van der Waals surface area contributed by atoms with Gasteiger partial charge in [-0.2, -0.15) is 4.72 Å². The summed E-state index contributed by atoms with van der Waals surface area (Å²) in [5.74, 6) is -1.84. The minimum Gasteiger partial charge on any atom is -0.465 e. The highest BCUT2D eigenvalue weighted by Crippen LogP contribution is 2.17. The summed E-state index contributed by atoms with van der Waals surface area (Å²) >= 11 is 0. The molecule has 0 spiro atoms. The summed E-state index contributed by atoms with van der Waals surface area (Å²) in [5, 5.41) is 2.53. The van der Waals surface area contributed by atoms with Crippen LogP contribution in [0.2, 0.25) is 0 Å². The molecule has 0 aromatic heterocycles. The predicted octanol–water partition coefficient (Wildman–Crippen LogP) is 2.31. The number of methoxy groups -OCH3 is 1. The first kappa shape index (κ1) is 20.5. The van der Waals surface area contributed by atoms with E-state index in [0.29, 0.717) is 0 Å². The number of benzene rings is 2. The Balaban J connectivity index is 2.19. The van der Waals surface area contributed by atoms with E-state index in [1.807, 2.05) is 0 Å². The summed E-state index contributed by atoms with van der Waals surface area (Å²) in [6, 6.07) is 9.36. The summed E-state index contributed by atoms with van der Waals surface area (Å²) in [6.07, 6.45) is 0.159. The number of esters is 1. The third kappa shape index (κ3) is 5.11. The number of para-hydroxylation sites is 1. The maximum absolute atomic E-state index is 13.0. The monoisotopic (exact) mass is 394 g/mol. The average Bonchev–Trinajstić information content (AvgIpc) is 2.66. The first-order chi connectivity index (χ1) is 12.8. The number of carbonyl (C=O) groups is 2. The Morgan fingerprint density at radius 2 is 1.74 bits per heavy atom. The molecule has 1 amide bonds. The SMILES string of the molecule is CCC(NS(=O)(=O)c1ccc(F)cc1)C(=O)Nc1ccccc1C(=O)OC. The van der Waals surface area contributed by atoms with Gasteiger partial charge in [0.15, 0.2) is 0 Å². The molecule has 27 heavy (non-hydrogen) atoms. The molecule has 1 unspecified atom stereocenters. The van der Waals surface area contributed by atoms with Crippen LogP contribution in [0.4, 0.5) is 10.1 Å². The maximum atomic E-state index is 13.0. The number of halogens is 1. The molecule has 2 rings (SSSR count). The molecule has 0 fully saturated rings. The number of rotatable bonds is 7. The van der Waals surface area contributed by atoms with Crippen LogP contribution in [0.5, 0.6) is 0 Å². The van der Waals surface area contributed by atoms with E-state index in [-0.39, 0.29) is 22.6 Å². The summed E-state index contributed by atoms with van der Waals surface area (Å²) in [7, 11) is -2.81. The van der Waals surface area contributed by atoms with Crippen LogP contribution < -0.4 is 10.0 Å². The molecular formula is C18H19FN2O5S. The molecule has 7 nitrogen and oxygen atoms in total. The molecule has 0 aliphatic carbocycles. The van der Waals surface area contributed by atoms with E-state index >= 15 is 0 Å². The van der Waals surface area contributed by atoms with Gasteiger partial charge in [0.25, 0.3) is 0 Å². The fraction of sp³-hybridized carbons (Fsp3) is 0.222. The fourth-order valence-electron chi connectivity index (χ4n) is 2.29. The van der Waals surface area contributed by atoms with Gasteiger partial charge < -0.3 is 10.1 Å². The van der Waals surface area contributed by atoms with E-state index in [1.54, 1.807) is 19.1 Å². The van der Waals surface area contributed by atoms with Crippen LogP contribution >= 0.6 is 0 Å². The Hall–Kier alpha value is -2.78. The molecule has 2 aromatic carbocycles. The van der Waals surface area contributed by atoms with Crippen LogP contribution in [0.15, 0.2) is 53.4 Å². The molecule has 2 aromatic rings. The van der Waals surface area contributed by atoms with Crippen molar-refractivity contribution < 1.29 is 27.1 Å². The van der Waals surface area contributed by atoms with Gasteiger partial charge in [0.2, 0.25) is 15.9 Å². The number of carbonyl (C=O) groups excluding carboxylic acids is 2.